The zero-order valence-electron chi connectivity index (χ0n) is 14.5. The Morgan fingerprint density at radius 2 is 1.85 bits per heavy atom. The summed E-state index contributed by atoms with van der Waals surface area (Å²) in [6.07, 6.45) is 2.60. The quantitative estimate of drug-likeness (QED) is 0.861. The van der Waals surface area contributed by atoms with E-state index in [1.54, 1.807) is 21.9 Å². The highest BCUT2D eigenvalue weighted by Gasteiger charge is 2.28. The van der Waals surface area contributed by atoms with E-state index in [1.807, 2.05) is 0 Å². The number of halogens is 2. The molecule has 0 radical (unpaired) electrons. The molecule has 0 saturated carbocycles. The number of carbonyl (C=O) groups excluding carboxylic acids is 2. The predicted octanol–water partition coefficient (Wildman–Crippen LogP) is 1.71. The second-order valence-electron chi connectivity index (χ2n) is 6.55. The molecule has 26 heavy (non-hydrogen) atoms. The molecule has 1 aromatic rings. The SMILES string of the molecule is O=C(CC1CCCN1)N1CCN(C(=O)c2ccccc2OC(F)F)CC1. The monoisotopic (exact) mass is 367 g/mol. The molecule has 0 bridgehead atoms. The molecule has 1 N–H and O–H groups in total. The maximum atomic E-state index is 12.6. The van der Waals surface area contributed by atoms with E-state index in [2.05, 4.69) is 10.1 Å². The lowest BCUT2D eigenvalue weighted by Gasteiger charge is -2.35. The predicted molar refractivity (Wildman–Crippen MR) is 91.2 cm³/mol. The molecular formula is C18H23F2N3O3. The Hall–Kier alpha value is -2.22. The first-order valence-electron chi connectivity index (χ1n) is 8.89. The largest absolute Gasteiger partial charge is 0.434 e. The van der Waals surface area contributed by atoms with E-state index in [9.17, 15) is 18.4 Å². The van der Waals surface area contributed by atoms with Crippen LogP contribution in [0, 0.1) is 0 Å². The Kier molecular flexibility index (Phi) is 6.03. The minimum atomic E-state index is -2.98. The van der Waals surface area contributed by atoms with Gasteiger partial charge in [-0.3, -0.25) is 9.59 Å². The summed E-state index contributed by atoms with van der Waals surface area (Å²) in [6, 6.07) is 6.24. The number of benzene rings is 1. The highest BCUT2D eigenvalue weighted by Crippen LogP contribution is 2.22. The molecule has 1 aromatic carbocycles. The lowest BCUT2D eigenvalue weighted by atomic mass is 10.1. The van der Waals surface area contributed by atoms with E-state index < -0.39 is 6.61 Å². The van der Waals surface area contributed by atoms with Gasteiger partial charge in [0.1, 0.15) is 5.75 Å². The van der Waals surface area contributed by atoms with Gasteiger partial charge in [0.05, 0.1) is 5.56 Å². The van der Waals surface area contributed by atoms with Gasteiger partial charge in [0.2, 0.25) is 5.91 Å². The van der Waals surface area contributed by atoms with Gasteiger partial charge in [-0.05, 0) is 31.5 Å². The molecule has 2 amide bonds. The average molecular weight is 367 g/mol. The molecule has 142 valence electrons. The van der Waals surface area contributed by atoms with Crippen molar-refractivity contribution >= 4 is 11.8 Å². The Labute approximate surface area is 151 Å². The molecule has 6 nitrogen and oxygen atoms in total. The molecular weight excluding hydrogens is 344 g/mol. The van der Waals surface area contributed by atoms with Gasteiger partial charge >= 0.3 is 6.61 Å². The van der Waals surface area contributed by atoms with E-state index >= 15 is 0 Å². The highest BCUT2D eigenvalue weighted by atomic mass is 19.3. The highest BCUT2D eigenvalue weighted by molar-refractivity contribution is 5.97. The van der Waals surface area contributed by atoms with Crippen LogP contribution >= 0.6 is 0 Å². The number of amides is 2. The van der Waals surface area contributed by atoms with Crippen LogP contribution in [0.2, 0.25) is 0 Å². The molecule has 2 aliphatic heterocycles. The van der Waals surface area contributed by atoms with Crippen LogP contribution in [0.25, 0.3) is 0 Å². The molecule has 2 heterocycles. The van der Waals surface area contributed by atoms with Gasteiger partial charge < -0.3 is 19.9 Å². The van der Waals surface area contributed by atoms with Gasteiger partial charge in [-0.25, -0.2) is 0 Å². The molecule has 2 aliphatic rings. The number of nitrogens with zero attached hydrogens (tertiary/aromatic N) is 2. The number of rotatable bonds is 5. The fourth-order valence-electron chi connectivity index (χ4n) is 3.44. The number of hydrogen-bond acceptors (Lipinski definition) is 4. The van der Waals surface area contributed by atoms with Crippen LogP contribution in [0.1, 0.15) is 29.6 Å². The minimum absolute atomic E-state index is 0.0953. The van der Waals surface area contributed by atoms with Crippen LogP contribution in [-0.4, -0.2) is 67.0 Å². The Morgan fingerprint density at radius 3 is 2.50 bits per heavy atom. The van der Waals surface area contributed by atoms with E-state index in [-0.39, 0.29) is 29.2 Å². The number of piperazine rings is 1. The molecule has 0 aromatic heterocycles. The summed E-state index contributed by atoms with van der Waals surface area (Å²) in [5, 5.41) is 3.31. The van der Waals surface area contributed by atoms with Crippen molar-refractivity contribution in [3.05, 3.63) is 29.8 Å². The van der Waals surface area contributed by atoms with Crippen LogP contribution in [0.5, 0.6) is 5.75 Å². The van der Waals surface area contributed by atoms with Gasteiger partial charge in [-0.2, -0.15) is 8.78 Å². The number of ether oxygens (including phenoxy) is 1. The van der Waals surface area contributed by atoms with E-state index in [0.29, 0.717) is 32.6 Å². The lowest BCUT2D eigenvalue weighted by Crippen LogP contribution is -2.51. The smallest absolute Gasteiger partial charge is 0.387 e. The zero-order chi connectivity index (χ0) is 18.5. The number of nitrogens with one attached hydrogen (secondary N) is 1. The molecule has 0 aliphatic carbocycles. The van der Waals surface area contributed by atoms with Crippen molar-refractivity contribution in [1.82, 2.24) is 15.1 Å². The van der Waals surface area contributed by atoms with Crippen molar-refractivity contribution in [1.29, 1.82) is 0 Å². The number of carbonyl (C=O) groups is 2. The standard InChI is InChI=1S/C18H23F2N3O3/c19-18(20)26-15-6-2-1-5-14(15)17(25)23-10-8-22(9-11-23)16(24)12-13-4-3-7-21-13/h1-2,5-6,13,18,21H,3-4,7-12H2. The lowest BCUT2D eigenvalue weighted by molar-refractivity contribution is -0.133. The molecule has 3 rings (SSSR count). The summed E-state index contributed by atoms with van der Waals surface area (Å²) in [4.78, 5) is 28.3. The van der Waals surface area contributed by atoms with Crippen molar-refractivity contribution in [3.63, 3.8) is 0 Å². The van der Waals surface area contributed by atoms with E-state index in [0.717, 1.165) is 19.4 Å². The number of para-hydroxylation sites is 1. The van der Waals surface area contributed by atoms with E-state index in [4.69, 9.17) is 0 Å². The van der Waals surface area contributed by atoms with Crippen LogP contribution in [0.4, 0.5) is 8.78 Å². The first-order chi connectivity index (χ1) is 12.5. The van der Waals surface area contributed by atoms with Crippen molar-refractivity contribution in [2.75, 3.05) is 32.7 Å². The number of hydrogen-bond donors (Lipinski definition) is 1. The second-order valence-corrected chi connectivity index (χ2v) is 6.55. The normalized spacial score (nSPS) is 20.5. The maximum Gasteiger partial charge on any atom is 0.387 e. The molecule has 0 spiro atoms. The van der Waals surface area contributed by atoms with Crippen LogP contribution < -0.4 is 10.1 Å². The topological polar surface area (TPSA) is 61.9 Å². The van der Waals surface area contributed by atoms with Crippen molar-refractivity contribution < 1.29 is 23.1 Å². The number of alkyl halides is 2. The second kappa shape index (κ2) is 8.44. The Morgan fingerprint density at radius 1 is 1.15 bits per heavy atom. The average Bonchev–Trinajstić information content (AvgIpc) is 3.14. The minimum Gasteiger partial charge on any atom is -0.434 e. The van der Waals surface area contributed by atoms with Gasteiger partial charge in [-0.1, -0.05) is 12.1 Å². The van der Waals surface area contributed by atoms with Crippen LogP contribution in [0.3, 0.4) is 0 Å². The third-order valence-corrected chi connectivity index (χ3v) is 4.84. The van der Waals surface area contributed by atoms with Gasteiger partial charge in [0.25, 0.3) is 5.91 Å². The first kappa shape index (κ1) is 18.6. The van der Waals surface area contributed by atoms with E-state index in [1.165, 1.54) is 12.1 Å². The third kappa shape index (κ3) is 4.49. The summed E-state index contributed by atoms with van der Waals surface area (Å²) in [5.74, 6) is -0.387. The van der Waals surface area contributed by atoms with Crippen molar-refractivity contribution in [2.45, 2.75) is 31.9 Å². The van der Waals surface area contributed by atoms with Gasteiger partial charge in [0, 0.05) is 38.6 Å². The Balaban J connectivity index is 1.56. The van der Waals surface area contributed by atoms with Gasteiger partial charge in [0.15, 0.2) is 0 Å². The zero-order valence-corrected chi connectivity index (χ0v) is 14.5. The summed E-state index contributed by atoms with van der Waals surface area (Å²) in [7, 11) is 0. The molecule has 2 saturated heterocycles. The van der Waals surface area contributed by atoms with Crippen molar-refractivity contribution in [3.8, 4) is 5.75 Å². The fraction of sp³-hybridized carbons (Fsp3) is 0.556. The molecule has 1 unspecified atom stereocenters. The van der Waals surface area contributed by atoms with Crippen molar-refractivity contribution in [2.24, 2.45) is 0 Å². The van der Waals surface area contributed by atoms with Crippen LogP contribution in [-0.2, 0) is 4.79 Å². The molecule has 8 heteroatoms. The molecule has 2 fully saturated rings. The summed E-state index contributed by atoms with van der Waals surface area (Å²) in [5.41, 5.74) is 0.114. The maximum absolute atomic E-state index is 12.6. The summed E-state index contributed by atoms with van der Waals surface area (Å²) in [6.45, 7) is -0.357. The molecule has 1 atom stereocenters. The van der Waals surface area contributed by atoms with Gasteiger partial charge in [-0.15, -0.1) is 0 Å². The third-order valence-electron chi connectivity index (χ3n) is 4.84. The summed E-state index contributed by atoms with van der Waals surface area (Å²) >= 11 is 0. The first-order valence-corrected chi connectivity index (χ1v) is 8.89. The van der Waals surface area contributed by atoms with Crippen LogP contribution in [0.15, 0.2) is 24.3 Å². The fourth-order valence-corrected chi connectivity index (χ4v) is 3.44. The Bertz CT molecular complexity index is 642. The summed E-state index contributed by atoms with van der Waals surface area (Å²) < 4.78 is 29.5.